The van der Waals surface area contributed by atoms with Crippen molar-refractivity contribution in [2.24, 2.45) is 0 Å². The van der Waals surface area contributed by atoms with Gasteiger partial charge in [-0.1, -0.05) is 17.7 Å². The van der Waals surface area contributed by atoms with Gasteiger partial charge in [-0.15, -0.1) is 0 Å². The molecular formula is C13H17NO. The lowest BCUT2D eigenvalue weighted by Gasteiger charge is -2.00. The van der Waals surface area contributed by atoms with Crippen LogP contribution in [0.5, 0.6) is 0 Å². The standard InChI is InChI=1S/C13H17NO/c1-10(2)9-13(15)8-5-11-3-6-12(14)7-4-11/h3-4,6-7,9H,5,8,14H2,1-2H3. The van der Waals surface area contributed by atoms with Crippen LogP contribution in [0.4, 0.5) is 5.69 Å². The van der Waals surface area contributed by atoms with Gasteiger partial charge in [0.15, 0.2) is 5.78 Å². The van der Waals surface area contributed by atoms with E-state index in [-0.39, 0.29) is 5.78 Å². The van der Waals surface area contributed by atoms with E-state index in [0.29, 0.717) is 6.42 Å². The number of carbonyl (C=O) groups excluding carboxylic acids is 1. The summed E-state index contributed by atoms with van der Waals surface area (Å²) in [6, 6.07) is 7.65. The average Bonchev–Trinajstić information content (AvgIpc) is 2.16. The Balaban J connectivity index is 2.47. The Morgan fingerprint density at radius 1 is 1.27 bits per heavy atom. The number of aryl methyl sites for hydroxylation is 1. The van der Waals surface area contributed by atoms with E-state index < -0.39 is 0 Å². The van der Waals surface area contributed by atoms with E-state index in [1.807, 2.05) is 38.1 Å². The molecule has 2 N–H and O–H groups in total. The highest BCUT2D eigenvalue weighted by atomic mass is 16.1. The number of hydrogen-bond acceptors (Lipinski definition) is 2. The van der Waals surface area contributed by atoms with Gasteiger partial charge in [0, 0.05) is 12.1 Å². The Kier molecular flexibility index (Phi) is 4.10. The molecule has 0 atom stereocenters. The van der Waals surface area contributed by atoms with E-state index in [1.54, 1.807) is 6.08 Å². The molecule has 0 aliphatic heterocycles. The number of benzene rings is 1. The Labute approximate surface area is 90.8 Å². The van der Waals surface area contributed by atoms with Crippen molar-refractivity contribution in [1.82, 2.24) is 0 Å². The molecule has 0 saturated heterocycles. The number of anilines is 1. The molecule has 0 heterocycles. The minimum absolute atomic E-state index is 0.187. The fourth-order valence-electron chi connectivity index (χ4n) is 1.35. The lowest BCUT2D eigenvalue weighted by molar-refractivity contribution is -0.114. The van der Waals surface area contributed by atoms with Crippen LogP contribution in [0.25, 0.3) is 0 Å². The molecule has 80 valence electrons. The lowest BCUT2D eigenvalue weighted by atomic mass is 10.1. The summed E-state index contributed by atoms with van der Waals surface area (Å²) < 4.78 is 0. The van der Waals surface area contributed by atoms with E-state index in [4.69, 9.17) is 5.73 Å². The van der Waals surface area contributed by atoms with Crippen molar-refractivity contribution in [2.75, 3.05) is 5.73 Å². The van der Waals surface area contributed by atoms with Gasteiger partial charge in [0.25, 0.3) is 0 Å². The van der Waals surface area contributed by atoms with Crippen molar-refractivity contribution in [3.05, 3.63) is 41.5 Å². The van der Waals surface area contributed by atoms with Gasteiger partial charge in [0.05, 0.1) is 0 Å². The number of rotatable bonds is 4. The van der Waals surface area contributed by atoms with Gasteiger partial charge in [0.1, 0.15) is 0 Å². The number of nitrogen functional groups attached to an aromatic ring is 1. The average molecular weight is 203 g/mol. The third-order valence-corrected chi connectivity index (χ3v) is 2.09. The van der Waals surface area contributed by atoms with Crippen LogP contribution in [-0.2, 0) is 11.2 Å². The molecule has 0 aliphatic rings. The maximum atomic E-state index is 11.4. The summed E-state index contributed by atoms with van der Waals surface area (Å²) in [5, 5.41) is 0. The third kappa shape index (κ3) is 4.45. The van der Waals surface area contributed by atoms with Crippen molar-refractivity contribution >= 4 is 11.5 Å². The Hall–Kier alpha value is -1.57. The molecule has 0 unspecified atom stereocenters. The van der Waals surface area contributed by atoms with E-state index in [9.17, 15) is 4.79 Å². The Bertz CT molecular complexity index is 359. The fourth-order valence-corrected chi connectivity index (χ4v) is 1.35. The largest absolute Gasteiger partial charge is 0.399 e. The molecule has 0 amide bonds. The zero-order chi connectivity index (χ0) is 11.3. The normalized spacial score (nSPS) is 9.73. The summed E-state index contributed by atoms with van der Waals surface area (Å²) in [4.78, 5) is 11.4. The maximum absolute atomic E-state index is 11.4. The maximum Gasteiger partial charge on any atom is 0.155 e. The summed E-state index contributed by atoms with van der Waals surface area (Å²) in [7, 11) is 0. The van der Waals surface area contributed by atoms with Gasteiger partial charge in [-0.2, -0.15) is 0 Å². The SMILES string of the molecule is CC(C)=CC(=O)CCc1ccc(N)cc1. The van der Waals surface area contributed by atoms with Crippen LogP contribution in [0.1, 0.15) is 25.8 Å². The minimum Gasteiger partial charge on any atom is -0.399 e. The molecule has 0 radical (unpaired) electrons. The van der Waals surface area contributed by atoms with E-state index in [2.05, 4.69) is 0 Å². The molecule has 0 bridgehead atoms. The molecule has 2 heteroatoms. The molecule has 0 fully saturated rings. The Morgan fingerprint density at radius 3 is 2.40 bits per heavy atom. The molecule has 2 nitrogen and oxygen atoms in total. The summed E-state index contributed by atoms with van der Waals surface area (Å²) in [6.07, 6.45) is 3.04. The molecule has 0 aliphatic carbocycles. The predicted molar refractivity (Wildman–Crippen MR) is 63.6 cm³/mol. The van der Waals surface area contributed by atoms with Crippen LogP contribution in [0.3, 0.4) is 0 Å². The molecule has 0 spiro atoms. The van der Waals surface area contributed by atoms with Gasteiger partial charge in [0.2, 0.25) is 0 Å². The molecule has 1 rings (SSSR count). The van der Waals surface area contributed by atoms with Crippen LogP contribution in [0, 0.1) is 0 Å². The fraction of sp³-hybridized carbons (Fsp3) is 0.308. The topological polar surface area (TPSA) is 43.1 Å². The predicted octanol–water partition coefficient (Wildman–Crippen LogP) is 2.74. The van der Waals surface area contributed by atoms with Crippen LogP contribution < -0.4 is 5.73 Å². The monoisotopic (exact) mass is 203 g/mol. The van der Waals surface area contributed by atoms with E-state index in [0.717, 1.165) is 23.2 Å². The second-order valence-electron chi connectivity index (χ2n) is 3.93. The summed E-state index contributed by atoms with van der Waals surface area (Å²) in [5.74, 6) is 0.187. The highest BCUT2D eigenvalue weighted by Gasteiger charge is 1.99. The van der Waals surface area contributed by atoms with E-state index >= 15 is 0 Å². The Morgan fingerprint density at radius 2 is 1.87 bits per heavy atom. The zero-order valence-corrected chi connectivity index (χ0v) is 9.29. The van der Waals surface area contributed by atoms with Crippen molar-refractivity contribution in [2.45, 2.75) is 26.7 Å². The van der Waals surface area contributed by atoms with E-state index in [1.165, 1.54) is 0 Å². The summed E-state index contributed by atoms with van der Waals surface area (Å²) in [5.41, 5.74) is 8.54. The van der Waals surface area contributed by atoms with Gasteiger partial charge >= 0.3 is 0 Å². The molecule has 0 aromatic heterocycles. The second-order valence-corrected chi connectivity index (χ2v) is 3.93. The zero-order valence-electron chi connectivity index (χ0n) is 9.29. The van der Waals surface area contributed by atoms with Gasteiger partial charge in [-0.05, 0) is 44.0 Å². The van der Waals surface area contributed by atoms with Crippen LogP contribution >= 0.6 is 0 Å². The molecule has 0 saturated carbocycles. The second kappa shape index (κ2) is 5.35. The number of hydrogen-bond donors (Lipinski definition) is 1. The highest BCUT2D eigenvalue weighted by molar-refractivity contribution is 5.90. The number of ketones is 1. The minimum atomic E-state index is 0.187. The first-order chi connectivity index (χ1) is 7.08. The summed E-state index contributed by atoms with van der Waals surface area (Å²) >= 11 is 0. The van der Waals surface area contributed by atoms with Crippen LogP contribution in [-0.4, -0.2) is 5.78 Å². The number of carbonyl (C=O) groups is 1. The third-order valence-electron chi connectivity index (χ3n) is 2.09. The quantitative estimate of drug-likeness (QED) is 0.604. The smallest absolute Gasteiger partial charge is 0.155 e. The molecular weight excluding hydrogens is 186 g/mol. The van der Waals surface area contributed by atoms with Crippen molar-refractivity contribution in [1.29, 1.82) is 0 Å². The first-order valence-corrected chi connectivity index (χ1v) is 5.10. The van der Waals surface area contributed by atoms with Gasteiger partial charge < -0.3 is 5.73 Å². The number of allylic oxidation sites excluding steroid dienone is 2. The first kappa shape index (κ1) is 11.5. The molecule has 1 aromatic carbocycles. The highest BCUT2D eigenvalue weighted by Crippen LogP contribution is 2.08. The summed E-state index contributed by atoms with van der Waals surface area (Å²) in [6.45, 7) is 3.86. The van der Waals surface area contributed by atoms with Crippen molar-refractivity contribution in [3.63, 3.8) is 0 Å². The van der Waals surface area contributed by atoms with Crippen molar-refractivity contribution < 1.29 is 4.79 Å². The van der Waals surface area contributed by atoms with Crippen LogP contribution in [0.2, 0.25) is 0 Å². The molecule has 15 heavy (non-hydrogen) atoms. The van der Waals surface area contributed by atoms with Crippen LogP contribution in [0.15, 0.2) is 35.9 Å². The van der Waals surface area contributed by atoms with Gasteiger partial charge in [-0.25, -0.2) is 0 Å². The lowest BCUT2D eigenvalue weighted by Crippen LogP contribution is -1.97. The van der Waals surface area contributed by atoms with Crippen molar-refractivity contribution in [3.8, 4) is 0 Å². The molecule has 1 aromatic rings. The first-order valence-electron chi connectivity index (χ1n) is 5.10. The van der Waals surface area contributed by atoms with Gasteiger partial charge in [-0.3, -0.25) is 4.79 Å². The number of nitrogens with two attached hydrogens (primary N) is 1.